The van der Waals surface area contributed by atoms with E-state index in [-0.39, 0.29) is 16.4 Å². The van der Waals surface area contributed by atoms with E-state index in [9.17, 15) is 26.5 Å². The summed E-state index contributed by atoms with van der Waals surface area (Å²) in [6, 6.07) is 21.8. The number of rotatable bonds is 8. The molecule has 5 aromatic rings. The molecule has 0 aliphatic rings. The average molecular weight is 689 g/mol. The Hall–Kier alpha value is -4.09. The minimum Gasteiger partial charge on any atom is -0.507 e. The van der Waals surface area contributed by atoms with Crippen LogP contribution < -0.4 is 4.18 Å². The minimum atomic E-state index is -4.52. The first kappa shape index (κ1) is 36.4. The van der Waals surface area contributed by atoms with E-state index in [0.717, 1.165) is 34.6 Å². The van der Waals surface area contributed by atoms with Crippen LogP contribution in [0.4, 0.5) is 5.69 Å². The maximum atomic E-state index is 12.5. The van der Waals surface area contributed by atoms with Gasteiger partial charge in [0.05, 0.1) is 22.6 Å². The first-order valence-electron chi connectivity index (χ1n) is 13.6. The third-order valence-electron chi connectivity index (χ3n) is 6.23. The van der Waals surface area contributed by atoms with Crippen molar-refractivity contribution in [1.82, 2.24) is 0 Å². The first-order valence-corrected chi connectivity index (χ1v) is 17.2. The summed E-state index contributed by atoms with van der Waals surface area (Å²) in [7, 11) is -7.09. The van der Waals surface area contributed by atoms with Crippen molar-refractivity contribution in [3.05, 3.63) is 96.1 Å². The van der Waals surface area contributed by atoms with Gasteiger partial charge in [0.15, 0.2) is 5.75 Å². The van der Waals surface area contributed by atoms with Crippen LogP contribution in [0.1, 0.15) is 25.0 Å². The van der Waals surface area contributed by atoms with Gasteiger partial charge in [0.1, 0.15) is 10.6 Å². The zero-order chi connectivity index (χ0) is 34.1. The lowest BCUT2D eigenvalue weighted by molar-refractivity contribution is -0.432. The van der Waals surface area contributed by atoms with E-state index >= 15 is 0 Å². The molecule has 0 spiro atoms. The van der Waals surface area contributed by atoms with Crippen LogP contribution >= 0.6 is 12.0 Å². The summed E-state index contributed by atoms with van der Waals surface area (Å²) in [5.74, 6) is -0.0830. The number of azo groups is 1. The number of fused-ring (bicyclic) bond motifs is 2. The molecule has 5 rings (SSSR count). The normalized spacial score (nSPS) is 11.5. The molecule has 0 fully saturated rings. The fraction of sp³-hybridized carbons (Fsp3) is 0.161. The zero-order valence-corrected chi connectivity index (χ0v) is 27.9. The van der Waals surface area contributed by atoms with Crippen LogP contribution in [0.3, 0.4) is 0 Å². The maximum Gasteiger partial charge on any atom is 0.339 e. The van der Waals surface area contributed by atoms with Crippen LogP contribution in [0.5, 0.6) is 11.5 Å². The number of hydrogen-bond acceptors (Lipinski definition) is 12. The lowest BCUT2D eigenvalue weighted by Gasteiger charge is -2.11. The monoisotopic (exact) mass is 688 g/mol. The fourth-order valence-corrected chi connectivity index (χ4v) is 6.06. The summed E-state index contributed by atoms with van der Waals surface area (Å²) in [6.07, 6.45) is 0. The van der Waals surface area contributed by atoms with Crippen molar-refractivity contribution in [2.75, 3.05) is 7.05 Å². The van der Waals surface area contributed by atoms with Crippen molar-refractivity contribution in [1.29, 1.82) is 0 Å². The Morgan fingerprint density at radius 3 is 2.09 bits per heavy atom. The lowest BCUT2D eigenvalue weighted by atomic mass is 10.0. The number of hydrogen-bond donors (Lipinski definition) is 3. The Balaban J connectivity index is 0.000000246. The van der Waals surface area contributed by atoms with Gasteiger partial charge < -0.3 is 9.29 Å². The summed E-state index contributed by atoms with van der Waals surface area (Å²) in [5.41, 5.74) is 2.51. The molecule has 0 amide bonds. The van der Waals surface area contributed by atoms with Gasteiger partial charge in [-0.15, -0.1) is 4.33 Å². The van der Waals surface area contributed by atoms with Crippen molar-refractivity contribution in [2.45, 2.75) is 42.4 Å². The van der Waals surface area contributed by atoms with Crippen LogP contribution in [-0.4, -0.2) is 38.8 Å². The number of phenolic OH excluding ortho intramolecular Hbond substituents is 1. The zero-order valence-electron chi connectivity index (χ0n) is 25.4. The summed E-state index contributed by atoms with van der Waals surface area (Å²) < 4.78 is 66.7. The maximum absolute atomic E-state index is 12.5. The molecule has 244 valence electrons. The molecule has 0 radical (unpaired) electrons. The molecule has 46 heavy (non-hydrogen) atoms. The fourth-order valence-electron chi connectivity index (χ4n) is 4.16. The van der Waals surface area contributed by atoms with Gasteiger partial charge in [-0.3, -0.25) is 4.55 Å². The predicted octanol–water partition coefficient (Wildman–Crippen LogP) is 8.18. The number of nitrogens with zero attached hydrogens (tertiary/aromatic N) is 2. The van der Waals surface area contributed by atoms with Gasteiger partial charge in [-0.25, -0.2) is 5.26 Å². The molecular weight excluding hydrogens is 657 g/mol. The molecule has 0 bridgehead atoms. The van der Waals surface area contributed by atoms with Crippen LogP contribution in [0.2, 0.25) is 0 Å². The molecule has 0 unspecified atom stereocenters. The quantitative estimate of drug-likeness (QED) is 0.0357. The number of phenols is 1. The molecular formula is C31H32N2O10S3. The molecule has 0 aromatic heterocycles. The van der Waals surface area contributed by atoms with Crippen molar-refractivity contribution >= 4 is 59.5 Å². The van der Waals surface area contributed by atoms with E-state index in [1.54, 1.807) is 49.5 Å². The molecule has 0 saturated carbocycles. The van der Waals surface area contributed by atoms with Gasteiger partial charge in [-0.05, 0) is 55.1 Å². The second kappa shape index (κ2) is 16.0. The van der Waals surface area contributed by atoms with Gasteiger partial charge in [-0.2, -0.15) is 27.1 Å². The van der Waals surface area contributed by atoms with E-state index < -0.39 is 25.1 Å². The van der Waals surface area contributed by atoms with Crippen molar-refractivity contribution in [3.8, 4) is 11.5 Å². The van der Waals surface area contributed by atoms with Gasteiger partial charge in [0.25, 0.3) is 10.1 Å². The van der Waals surface area contributed by atoms with Crippen LogP contribution in [0.25, 0.3) is 21.5 Å². The number of aryl methyl sites for hydroxylation is 2. The lowest BCUT2D eigenvalue weighted by Crippen LogP contribution is -2.10. The van der Waals surface area contributed by atoms with Gasteiger partial charge in [0.2, 0.25) is 0 Å². The van der Waals surface area contributed by atoms with E-state index in [4.69, 9.17) is 9.44 Å². The molecule has 0 heterocycles. The van der Waals surface area contributed by atoms with E-state index in [0.29, 0.717) is 26.7 Å². The molecule has 0 aliphatic carbocycles. The second-order valence-electron chi connectivity index (χ2n) is 9.26. The Kier molecular flexibility index (Phi) is 12.6. The van der Waals surface area contributed by atoms with Crippen molar-refractivity contribution in [3.63, 3.8) is 0 Å². The Bertz CT molecular complexity index is 2070. The third kappa shape index (κ3) is 9.01. The molecule has 0 saturated heterocycles. The smallest absolute Gasteiger partial charge is 0.339 e. The summed E-state index contributed by atoms with van der Waals surface area (Å²) in [5, 5.41) is 31.8. The Labute approximate surface area is 271 Å². The standard InChI is InChI=1S/C17H14O6S2.C12H12N2O4S.C2H6/c1-12-6-8-14(9-7-12)25(21,22)23-17-11-15(24(18,19)20)10-13-4-2-3-5-16(13)17;1-7-3-4-9-10(12(7)14-13-2)5-8(6-11(9)15)19-18-17-16;1-2/h2-11H,1H3,(H,18,19,20);3-6,15-16H,1-2H3;1-2H3. The topological polar surface area (TPSA) is 181 Å². The molecule has 12 nitrogen and oxygen atoms in total. The molecule has 0 aliphatic heterocycles. The molecule has 3 N–H and O–H groups in total. The highest BCUT2D eigenvalue weighted by Gasteiger charge is 2.21. The Morgan fingerprint density at radius 2 is 1.46 bits per heavy atom. The highest BCUT2D eigenvalue weighted by molar-refractivity contribution is 7.94. The van der Waals surface area contributed by atoms with Crippen LogP contribution in [0.15, 0.2) is 110 Å². The SMILES string of the molecule is CC.CN=Nc1c(C)ccc2c(O)cc(SOOO)cc12.Cc1ccc(S(=O)(=O)Oc2cc(S(=O)(=O)O)cc3ccccc23)cc1. The second-order valence-corrected chi connectivity index (χ2v) is 13.0. The highest BCUT2D eigenvalue weighted by atomic mass is 32.2. The van der Waals surface area contributed by atoms with Crippen molar-refractivity contribution < 1.29 is 45.3 Å². The number of aromatic hydroxyl groups is 1. The summed E-state index contributed by atoms with van der Waals surface area (Å²) in [6.45, 7) is 7.73. The van der Waals surface area contributed by atoms with Crippen molar-refractivity contribution in [2.24, 2.45) is 10.2 Å². The average Bonchev–Trinajstić information content (AvgIpc) is 3.02. The first-order chi connectivity index (χ1) is 21.8. The van der Waals surface area contributed by atoms with Gasteiger partial charge in [-0.1, -0.05) is 73.0 Å². The van der Waals surface area contributed by atoms with Gasteiger partial charge >= 0.3 is 10.1 Å². The van der Waals surface area contributed by atoms with E-state index in [1.165, 1.54) is 24.3 Å². The Morgan fingerprint density at radius 1 is 0.783 bits per heavy atom. The number of benzene rings is 5. The van der Waals surface area contributed by atoms with Crippen LogP contribution in [-0.2, 0) is 29.6 Å². The van der Waals surface area contributed by atoms with E-state index in [2.05, 4.69) is 19.6 Å². The predicted molar refractivity (Wildman–Crippen MR) is 176 cm³/mol. The van der Waals surface area contributed by atoms with Crippen LogP contribution in [0, 0.1) is 13.8 Å². The molecule has 15 heteroatoms. The molecule has 0 atom stereocenters. The van der Waals surface area contributed by atoms with Gasteiger partial charge in [0, 0.05) is 34.2 Å². The highest BCUT2D eigenvalue weighted by Crippen LogP contribution is 2.38. The third-order valence-corrected chi connectivity index (χ3v) is 8.86. The van der Waals surface area contributed by atoms with E-state index in [1.807, 2.05) is 39.8 Å². The summed E-state index contributed by atoms with van der Waals surface area (Å²) in [4.78, 5) is 0.0666. The minimum absolute atomic E-state index is 0.0561. The summed E-state index contributed by atoms with van der Waals surface area (Å²) >= 11 is 0.778. The molecule has 5 aromatic carbocycles. The largest absolute Gasteiger partial charge is 0.507 e.